The Bertz CT molecular complexity index is 790. The number of anilines is 1. The first-order valence-corrected chi connectivity index (χ1v) is 9.27. The van der Waals surface area contributed by atoms with Crippen molar-refractivity contribution in [2.24, 2.45) is 5.92 Å². The Morgan fingerprint density at radius 3 is 2.67 bits per heavy atom. The molecule has 3 rings (SSSR count). The maximum absolute atomic E-state index is 12.2. The van der Waals surface area contributed by atoms with Gasteiger partial charge in [-0.1, -0.05) is 30.3 Å². The zero-order chi connectivity index (χ0) is 19.2. The van der Waals surface area contributed by atoms with E-state index < -0.39 is 6.10 Å². The van der Waals surface area contributed by atoms with Crippen LogP contribution in [-0.4, -0.2) is 37.6 Å². The van der Waals surface area contributed by atoms with Gasteiger partial charge in [0.15, 0.2) is 11.9 Å². The van der Waals surface area contributed by atoms with E-state index in [2.05, 4.69) is 17.0 Å². The summed E-state index contributed by atoms with van der Waals surface area (Å²) in [4.78, 5) is 26.0. The Morgan fingerprint density at radius 1 is 1.15 bits per heavy atom. The summed E-state index contributed by atoms with van der Waals surface area (Å²) in [5.74, 6) is 0.381. The average Bonchev–Trinajstić information content (AvgIpc) is 3.16. The second-order valence-corrected chi connectivity index (χ2v) is 6.91. The minimum atomic E-state index is -0.723. The fourth-order valence-corrected chi connectivity index (χ4v) is 3.20. The summed E-state index contributed by atoms with van der Waals surface area (Å²) in [7, 11) is 0. The monoisotopic (exact) mass is 367 g/mol. The number of rotatable bonds is 7. The number of ether oxygens (including phenoxy) is 2. The van der Waals surface area contributed by atoms with Crippen molar-refractivity contribution in [3.05, 3.63) is 60.2 Å². The topological polar surface area (TPSA) is 55.8 Å². The number of hydrogen-bond acceptors (Lipinski definition) is 5. The largest absolute Gasteiger partial charge is 0.479 e. The van der Waals surface area contributed by atoms with Crippen LogP contribution >= 0.6 is 0 Å². The van der Waals surface area contributed by atoms with E-state index in [1.165, 1.54) is 12.6 Å². The van der Waals surface area contributed by atoms with Crippen molar-refractivity contribution >= 4 is 17.4 Å². The Balaban J connectivity index is 1.46. The molecule has 0 saturated carbocycles. The number of carbonyl (C=O) groups is 2. The summed E-state index contributed by atoms with van der Waals surface area (Å²) in [5, 5.41) is 0. The molecule has 5 heteroatoms. The molecule has 2 atom stereocenters. The third kappa shape index (κ3) is 5.09. The van der Waals surface area contributed by atoms with E-state index in [0.717, 1.165) is 19.5 Å². The van der Waals surface area contributed by atoms with Crippen molar-refractivity contribution in [1.29, 1.82) is 0 Å². The van der Waals surface area contributed by atoms with Gasteiger partial charge in [0.25, 0.3) is 0 Å². The Kier molecular flexibility index (Phi) is 6.12. The lowest BCUT2D eigenvalue weighted by atomic mass is 10.1. The van der Waals surface area contributed by atoms with Gasteiger partial charge in [-0.05, 0) is 44.5 Å². The predicted molar refractivity (Wildman–Crippen MR) is 104 cm³/mol. The van der Waals surface area contributed by atoms with Crippen molar-refractivity contribution in [3.8, 4) is 5.75 Å². The van der Waals surface area contributed by atoms with Gasteiger partial charge < -0.3 is 14.4 Å². The van der Waals surface area contributed by atoms with Crippen LogP contribution < -0.4 is 9.64 Å². The number of Topliss-reactive ketones (excluding diaryl/α,β-unsaturated/α-hetero) is 1. The van der Waals surface area contributed by atoms with Crippen LogP contribution in [0.25, 0.3) is 0 Å². The first-order chi connectivity index (χ1) is 13.0. The first kappa shape index (κ1) is 19.0. The molecule has 1 fully saturated rings. The minimum Gasteiger partial charge on any atom is -0.479 e. The zero-order valence-corrected chi connectivity index (χ0v) is 15.8. The lowest BCUT2D eigenvalue weighted by Crippen LogP contribution is -2.29. The summed E-state index contributed by atoms with van der Waals surface area (Å²) < 4.78 is 11.1. The highest BCUT2D eigenvalue weighted by Gasteiger charge is 2.25. The van der Waals surface area contributed by atoms with Crippen molar-refractivity contribution < 1.29 is 19.1 Å². The van der Waals surface area contributed by atoms with Crippen LogP contribution in [-0.2, 0) is 9.53 Å². The highest BCUT2D eigenvalue weighted by molar-refractivity contribution is 5.94. The molecule has 1 heterocycles. The van der Waals surface area contributed by atoms with Crippen LogP contribution in [0.5, 0.6) is 5.75 Å². The Labute approximate surface area is 159 Å². The van der Waals surface area contributed by atoms with Crippen LogP contribution in [0.15, 0.2) is 54.6 Å². The molecule has 2 aromatic rings. The maximum atomic E-state index is 12.2. The number of esters is 1. The van der Waals surface area contributed by atoms with Crippen LogP contribution in [0.3, 0.4) is 0 Å². The number of carbonyl (C=O) groups excluding carboxylic acids is 2. The van der Waals surface area contributed by atoms with Crippen molar-refractivity contribution in [1.82, 2.24) is 0 Å². The van der Waals surface area contributed by atoms with Gasteiger partial charge in [-0.3, -0.25) is 4.79 Å². The molecule has 1 aliphatic rings. The minimum absolute atomic E-state index is 0.0418. The average molecular weight is 367 g/mol. The standard InChI is InChI=1S/C22H25NO4/c1-16(24)19-7-6-10-21(13-19)27-17(2)22(25)26-15-18-11-12-23(14-18)20-8-4-3-5-9-20/h3-10,13,17-18H,11-12,14-15H2,1-2H3. The van der Waals surface area contributed by atoms with E-state index in [4.69, 9.17) is 9.47 Å². The van der Waals surface area contributed by atoms with E-state index >= 15 is 0 Å². The maximum Gasteiger partial charge on any atom is 0.347 e. The highest BCUT2D eigenvalue weighted by Crippen LogP contribution is 2.24. The number of ketones is 1. The number of nitrogens with zero attached hydrogens (tertiary/aromatic N) is 1. The molecule has 27 heavy (non-hydrogen) atoms. The van der Waals surface area contributed by atoms with Crippen molar-refractivity contribution in [3.63, 3.8) is 0 Å². The highest BCUT2D eigenvalue weighted by atomic mass is 16.6. The smallest absolute Gasteiger partial charge is 0.347 e. The van der Waals surface area contributed by atoms with Gasteiger partial charge in [0.05, 0.1) is 6.61 Å². The summed E-state index contributed by atoms with van der Waals surface area (Å²) in [6.07, 6.45) is 0.275. The number of para-hydroxylation sites is 1. The quantitative estimate of drug-likeness (QED) is 0.551. The van der Waals surface area contributed by atoms with Gasteiger partial charge in [0.1, 0.15) is 5.75 Å². The summed E-state index contributed by atoms with van der Waals surface area (Å²) in [5.41, 5.74) is 1.76. The summed E-state index contributed by atoms with van der Waals surface area (Å²) >= 11 is 0. The fourth-order valence-electron chi connectivity index (χ4n) is 3.20. The van der Waals surface area contributed by atoms with Crippen LogP contribution in [0.2, 0.25) is 0 Å². The second-order valence-electron chi connectivity index (χ2n) is 6.91. The molecule has 1 saturated heterocycles. The fraction of sp³-hybridized carbons (Fsp3) is 0.364. The summed E-state index contributed by atoms with van der Waals surface area (Å²) in [6, 6.07) is 17.1. The number of hydrogen-bond donors (Lipinski definition) is 0. The molecule has 0 aromatic heterocycles. The van der Waals surface area contributed by atoms with Crippen LogP contribution in [0.4, 0.5) is 5.69 Å². The van der Waals surface area contributed by atoms with Crippen molar-refractivity contribution in [2.45, 2.75) is 26.4 Å². The molecule has 0 spiro atoms. The molecule has 0 bridgehead atoms. The molecule has 0 radical (unpaired) electrons. The predicted octanol–water partition coefficient (Wildman–Crippen LogP) is 3.73. The molecule has 1 aliphatic heterocycles. The lowest BCUT2D eigenvalue weighted by molar-refractivity contribution is -0.152. The van der Waals surface area contributed by atoms with E-state index in [1.807, 2.05) is 18.2 Å². The van der Waals surface area contributed by atoms with E-state index in [-0.39, 0.29) is 11.8 Å². The van der Waals surface area contributed by atoms with Gasteiger partial charge in [0.2, 0.25) is 0 Å². The van der Waals surface area contributed by atoms with E-state index in [0.29, 0.717) is 23.8 Å². The van der Waals surface area contributed by atoms with Gasteiger partial charge in [-0.2, -0.15) is 0 Å². The molecule has 2 unspecified atom stereocenters. The molecular formula is C22H25NO4. The van der Waals surface area contributed by atoms with Gasteiger partial charge in [-0.15, -0.1) is 0 Å². The molecule has 0 amide bonds. The SMILES string of the molecule is CC(=O)c1cccc(OC(C)C(=O)OCC2CCN(c3ccccc3)C2)c1. The molecule has 0 aliphatic carbocycles. The van der Waals surface area contributed by atoms with Crippen LogP contribution in [0, 0.1) is 5.92 Å². The number of benzene rings is 2. The molecule has 142 valence electrons. The third-order valence-corrected chi connectivity index (χ3v) is 4.75. The van der Waals surface area contributed by atoms with E-state index in [9.17, 15) is 9.59 Å². The molecule has 5 nitrogen and oxygen atoms in total. The Hall–Kier alpha value is -2.82. The molecule has 2 aromatic carbocycles. The second kappa shape index (κ2) is 8.71. The van der Waals surface area contributed by atoms with Crippen LogP contribution in [0.1, 0.15) is 30.6 Å². The normalized spacial score (nSPS) is 17.4. The summed E-state index contributed by atoms with van der Waals surface area (Å²) in [6.45, 7) is 5.40. The first-order valence-electron chi connectivity index (χ1n) is 9.27. The van der Waals surface area contributed by atoms with Gasteiger partial charge in [-0.25, -0.2) is 4.79 Å². The lowest BCUT2D eigenvalue weighted by Gasteiger charge is -2.19. The zero-order valence-electron chi connectivity index (χ0n) is 15.8. The molecular weight excluding hydrogens is 342 g/mol. The molecule has 0 N–H and O–H groups in total. The van der Waals surface area contributed by atoms with Gasteiger partial charge >= 0.3 is 5.97 Å². The Morgan fingerprint density at radius 2 is 1.93 bits per heavy atom. The van der Waals surface area contributed by atoms with E-state index in [1.54, 1.807) is 31.2 Å². The third-order valence-electron chi connectivity index (χ3n) is 4.75. The van der Waals surface area contributed by atoms with Gasteiger partial charge in [0, 0.05) is 30.3 Å². The van der Waals surface area contributed by atoms with Crippen molar-refractivity contribution in [2.75, 3.05) is 24.6 Å².